The van der Waals surface area contributed by atoms with Crippen LogP contribution in [-0.2, 0) is 29.4 Å². The van der Waals surface area contributed by atoms with Crippen molar-refractivity contribution in [2.24, 2.45) is 0 Å². The number of nitrogens with zero attached hydrogens (tertiary/aromatic N) is 2. The van der Waals surface area contributed by atoms with Gasteiger partial charge in [0.1, 0.15) is 10.6 Å². The Balaban J connectivity index is 1.29. The highest BCUT2D eigenvalue weighted by molar-refractivity contribution is 7.89. The van der Waals surface area contributed by atoms with E-state index in [0.717, 1.165) is 54.9 Å². The molecule has 3 aliphatic rings. The minimum Gasteiger partial charge on any atom is -0.495 e. The van der Waals surface area contributed by atoms with E-state index in [9.17, 15) is 8.42 Å². The Morgan fingerprint density at radius 3 is 2.39 bits per heavy atom. The first-order valence-electron chi connectivity index (χ1n) is 10.9. The second-order valence-electron chi connectivity index (χ2n) is 8.35. The second-order valence-corrected chi connectivity index (χ2v) is 10.3. The molecule has 2 aromatic rings. The Morgan fingerprint density at radius 2 is 1.65 bits per heavy atom. The summed E-state index contributed by atoms with van der Waals surface area (Å²) in [5.41, 5.74) is 3.50. The fraction of sp³-hybridized carbons (Fsp3) is 0.478. The van der Waals surface area contributed by atoms with Crippen molar-refractivity contribution in [3.8, 4) is 17.2 Å². The molecule has 0 atom stereocenters. The van der Waals surface area contributed by atoms with Crippen LogP contribution in [0.5, 0.6) is 17.2 Å². The lowest BCUT2D eigenvalue weighted by molar-refractivity contribution is 0.173. The maximum Gasteiger partial charge on any atom is 0.246 e. The van der Waals surface area contributed by atoms with Crippen molar-refractivity contribution in [3.05, 3.63) is 47.0 Å². The third kappa shape index (κ3) is 4.00. The molecule has 0 saturated carbocycles. The summed E-state index contributed by atoms with van der Waals surface area (Å²) in [4.78, 5) is 2.58. The van der Waals surface area contributed by atoms with E-state index in [1.54, 1.807) is 11.4 Å². The van der Waals surface area contributed by atoms with Gasteiger partial charge in [-0.25, -0.2) is 8.42 Å². The Kier molecular flexibility index (Phi) is 5.54. The molecule has 0 N–H and O–H groups in total. The van der Waals surface area contributed by atoms with E-state index in [4.69, 9.17) is 14.2 Å². The highest BCUT2D eigenvalue weighted by Gasteiger charge is 2.32. The molecule has 1 saturated heterocycles. The second kappa shape index (κ2) is 8.33. The molecule has 0 radical (unpaired) electrons. The van der Waals surface area contributed by atoms with Crippen molar-refractivity contribution in [3.63, 3.8) is 0 Å². The normalized spacial score (nSPS) is 19.3. The summed E-state index contributed by atoms with van der Waals surface area (Å²) in [6, 6.07) is 9.75. The number of ether oxygens (including phenoxy) is 3. The zero-order valence-corrected chi connectivity index (χ0v) is 18.6. The summed E-state index contributed by atoms with van der Waals surface area (Å²) in [5, 5.41) is 0. The first-order chi connectivity index (χ1) is 15.0. The molecular formula is C23H28N2O5S. The van der Waals surface area contributed by atoms with Gasteiger partial charge in [-0.1, -0.05) is 6.07 Å². The lowest BCUT2D eigenvalue weighted by Gasteiger charge is -2.34. The average Bonchev–Trinajstić information content (AvgIpc) is 3.26. The fourth-order valence-corrected chi connectivity index (χ4v) is 6.28. The number of piperazine rings is 1. The molecule has 0 bridgehead atoms. The van der Waals surface area contributed by atoms with Crippen LogP contribution < -0.4 is 14.2 Å². The summed E-state index contributed by atoms with van der Waals surface area (Å²) >= 11 is 0. The third-order valence-corrected chi connectivity index (χ3v) is 8.34. The molecule has 2 aliphatic heterocycles. The number of hydrogen-bond acceptors (Lipinski definition) is 6. The minimum absolute atomic E-state index is 0.265. The molecule has 0 spiro atoms. The Hall–Kier alpha value is -2.29. The molecule has 8 heteroatoms. The van der Waals surface area contributed by atoms with Crippen molar-refractivity contribution in [2.45, 2.75) is 37.1 Å². The van der Waals surface area contributed by atoms with Gasteiger partial charge < -0.3 is 14.2 Å². The number of rotatable bonds is 5. The van der Waals surface area contributed by atoms with Crippen LogP contribution in [0.2, 0.25) is 0 Å². The number of fused-ring (bicyclic) bond motifs is 2. The van der Waals surface area contributed by atoms with Gasteiger partial charge in [0, 0.05) is 32.7 Å². The summed E-state index contributed by atoms with van der Waals surface area (Å²) in [6.45, 7) is 3.32. The first-order valence-corrected chi connectivity index (χ1v) is 12.3. The van der Waals surface area contributed by atoms with E-state index < -0.39 is 10.0 Å². The highest BCUT2D eigenvalue weighted by Crippen LogP contribution is 2.35. The van der Waals surface area contributed by atoms with Crippen LogP contribution in [0.1, 0.15) is 29.5 Å². The highest BCUT2D eigenvalue weighted by atomic mass is 32.2. The number of benzene rings is 2. The topological polar surface area (TPSA) is 68.3 Å². The quantitative estimate of drug-likeness (QED) is 0.707. The SMILES string of the molecule is COc1cc2c(cc1S(=O)(=O)N1CCN(Cc3ccc4c(c3)OCO4)CC1)CCCC2. The predicted molar refractivity (Wildman–Crippen MR) is 116 cm³/mol. The van der Waals surface area contributed by atoms with Crippen LogP contribution in [0.25, 0.3) is 0 Å². The van der Waals surface area contributed by atoms with Crippen molar-refractivity contribution in [1.29, 1.82) is 0 Å². The number of sulfonamides is 1. The Morgan fingerprint density at radius 1 is 0.935 bits per heavy atom. The zero-order valence-electron chi connectivity index (χ0n) is 17.8. The van der Waals surface area contributed by atoms with Gasteiger partial charge in [-0.15, -0.1) is 0 Å². The van der Waals surface area contributed by atoms with Gasteiger partial charge in [0.15, 0.2) is 11.5 Å². The Bertz CT molecular complexity index is 1080. The molecule has 7 nitrogen and oxygen atoms in total. The van der Waals surface area contributed by atoms with Crippen LogP contribution in [0.4, 0.5) is 0 Å². The van der Waals surface area contributed by atoms with Gasteiger partial charge in [-0.2, -0.15) is 4.31 Å². The van der Waals surface area contributed by atoms with Crippen molar-refractivity contribution in [1.82, 2.24) is 9.21 Å². The lowest BCUT2D eigenvalue weighted by atomic mass is 9.92. The molecular weight excluding hydrogens is 416 g/mol. The fourth-order valence-electron chi connectivity index (χ4n) is 4.67. The third-order valence-electron chi connectivity index (χ3n) is 6.42. The predicted octanol–water partition coefficient (Wildman–Crippen LogP) is 2.81. The van der Waals surface area contributed by atoms with Crippen LogP contribution in [-0.4, -0.2) is 57.7 Å². The molecule has 31 heavy (non-hydrogen) atoms. The van der Waals surface area contributed by atoms with E-state index in [0.29, 0.717) is 36.8 Å². The van der Waals surface area contributed by atoms with Crippen LogP contribution in [0, 0.1) is 0 Å². The van der Waals surface area contributed by atoms with Crippen molar-refractivity contribution < 1.29 is 22.6 Å². The lowest BCUT2D eigenvalue weighted by Crippen LogP contribution is -2.48. The average molecular weight is 445 g/mol. The summed E-state index contributed by atoms with van der Waals surface area (Å²) in [7, 11) is -2.05. The molecule has 166 valence electrons. The van der Waals surface area contributed by atoms with Gasteiger partial charge in [-0.3, -0.25) is 4.90 Å². The van der Waals surface area contributed by atoms with E-state index in [-0.39, 0.29) is 6.79 Å². The van der Waals surface area contributed by atoms with Crippen LogP contribution >= 0.6 is 0 Å². The number of hydrogen-bond donors (Lipinski definition) is 0. The van der Waals surface area contributed by atoms with E-state index in [2.05, 4.69) is 4.90 Å². The maximum absolute atomic E-state index is 13.4. The standard InChI is InChI=1S/C23H28N2O5S/c1-28-22-13-18-4-2-3-5-19(18)14-23(22)31(26,27)25-10-8-24(9-11-25)15-17-6-7-20-21(12-17)30-16-29-20/h6-7,12-14H,2-5,8-11,15-16H2,1H3. The molecule has 2 heterocycles. The molecule has 0 aromatic heterocycles. The van der Waals surface area contributed by atoms with Crippen molar-refractivity contribution >= 4 is 10.0 Å². The van der Waals surface area contributed by atoms with Crippen molar-refractivity contribution in [2.75, 3.05) is 40.1 Å². The molecule has 0 amide bonds. The van der Waals surface area contributed by atoms with Gasteiger partial charge in [0.05, 0.1) is 7.11 Å². The number of methoxy groups -OCH3 is 1. The molecule has 1 aliphatic carbocycles. The summed E-state index contributed by atoms with van der Waals surface area (Å²) < 4.78 is 44.8. The van der Waals surface area contributed by atoms with Gasteiger partial charge >= 0.3 is 0 Å². The van der Waals surface area contributed by atoms with E-state index in [1.165, 1.54) is 5.56 Å². The maximum atomic E-state index is 13.4. The molecule has 5 rings (SSSR count). The van der Waals surface area contributed by atoms with Gasteiger partial charge in [0.2, 0.25) is 16.8 Å². The largest absolute Gasteiger partial charge is 0.495 e. The first kappa shape index (κ1) is 20.6. The summed E-state index contributed by atoms with van der Waals surface area (Å²) in [5.74, 6) is 2.01. The van der Waals surface area contributed by atoms with Crippen LogP contribution in [0.15, 0.2) is 35.2 Å². The van der Waals surface area contributed by atoms with E-state index in [1.807, 2.05) is 30.3 Å². The van der Waals surface area contributed by atoms with Gasteiger partial charge in [0.25, 0.3) is 0 Å². The molecule has 2 aromatic carbocycles. The van der Waals surface area contributed by atoms with Crippen LogP contribution in [0.3, 0.4) is 0 Å². The smallest absolute Gasteiger partial charge is 0.246 e. The number of aryl methyl sites for hydroxylation is 2. The zero-order chi connectivity index (χ0) is 21.4. The Labute approximate surface area is 183 Å². The molecule has 0 unspecified atom stereocenters. The summed E-state index contributed by atoms with van der Waals surface area (Å²) in [6.07, 6.45) is 4.18. The van der Waals surface area contributed by atoms with E-state index >= 15 is 0 Å². The monoisotopic (exact) mass is 444 g/mol. The van der Waals surface area contributed by atoms with Gasteiger partial charge in [-0.05, 0) is 66.6 Å². The molecule has 1 fully saturated rings. The minimum atomic E-state index is -3.60.